The Balaban J connectivity index is 1.31. The number of rotatable bonds is 5. The van der Waals surface area contributed by atoms with Crippen molar-refractivity contribution in [3.8, 4) is 0 Å². The molecule has 1 atom stereocenters. The summed E-state index contributed by atoms with van der Waals surface area (Å²) in [5.74, 6) is -0.0869. The molecule has 218 valence electrons. The van der Waals surface area contributed by atoms with Crippen LogP contribution in [-0.4, -0.2) is 79.7 Å². The lowest BCUT2D eigenvalue weighted by molar-refractivity contribution is -0.173. The van der Waals surface area contributed by atoms with Crippen molar-refractivity contribution in [1.82, 2.24) is 19.7 Å². The molecule has 11 heteroatoms. The van der Waals surface area contributed by atoms with Crippen LogP contribution in [0.3, 0.4) is 0 Å². The molecule has 2 aromatic heterocycles. The summed E-state index contributed by atoms with van der Waals surface area (Å²) in [4.78, 5) is 46.3. The van der Waals surface area contributed by atoms with Crippen LogP contribution in [-0.2, 0) is 19.1 Å². The number of hydrogen-bond donors (Lipinski definition) is 2. The van der Waals surface area contributed by atoms with Crippen LogP contribution in [0.15, 0.2) is 18.3 Å². The molecule has 11 nitrogen and oxygen atoms in total. The van der Waals surface area contributed by atoms with Gasteiger partial charge in [-0.2, -0.15) is 9.78 Å². The highest BCUT2D eigenvalue weighted by atomic mass is 16.6. The Bertz CT molecular complexity index is 1270. The van der Waals surface area contributed by atoms with E-state index in [1.165, 1.54) is 6.20 Å². The molecule has 3 fully saturated rings. The summed E-state index contributed by atoms with van der Waals surface area (Å²) in [7, 11) is 1.69. The van der Waals surface area contributed by atoms with Crippen LogP contribution >= 0.6 is 0 Å². The second-order valence-electron chi connectivity index (χ2n) is 12.5. The van der Waals surface area contributed by atoms with Crippen molar-refractivity contribution >= 4 is 34.8 Å². The molecule has 2 aliphatic carbocycles. The molecule has 3 heterocycles. The molecule has 40 heavy (non-hydrogen) atoms. The average Bonchev–Trinajstić information content (AvgIpc) is 3.67. The number of carbonyl (C=O) groups excluding carboxylic acids is 3. The maximum absolute atomic E-state index is 14.2. The van der Waals surface area contributed by atoms with E-state index >= 15 is 0 Å². The molecule has 2 N–H and O–H groups in total. The van der Waals surface area contributed by atoms with E-state index in [-0.39, 0.29) is 17.9 Å². The summed E-state index contributed by atoms with van der Waals surface area (Å²) < 4.78 is 12.1. The number of fused-ring (bicyclic) bond motifs is 1. The molecule has 1 saturated heterocycles. The lowest BCUT2D eigenvalue weighted by Gasteiger charge is -2.49. The number of ether oxygens (including phenoxy) is 2. The monoisotopic (exact) mass is 555 g/mol. The number of anilines is 1. The average molecular weight is 556 g/mol. The standard InChI is InChI=1S/C29H41N5O6/c1-27(2,3)40-26(37)34-21-9-10-23(31-20(21)18-30-34)32-24(35)22-8-7-17-33(22)25(36)28(13-5-6-14-28)29(38)15-11-19(39-4)12-16-29/h9-10,18-19,22,38H,5-8,11-17H2,1-4H3,(H,31,32,35)/t19?,22-,29?/m1/s1. The molecule has 0 aromatic carbocycles. The quantitative estimate of drug-likeness (QED) is 0.565. The predicted octanol–water partition coefficient (Wildman–Crippen LogP) is 4.02. The van der Waals surface area contributed by atoms with Crippen LogP contribution in [0.2, 0.25) is 0 Å². The van der Waals surface area contributed by atoms with E-state index in [0.29, 0.717) is 55.5 Å². The van der Waals surface area contributed by atoms with Gasteiger partial charge in [0.2, 0.25) is 11.8 Å². The van der Waals surface area contributed by atoms with Crippen LogP contribution in [0.25, 0.3) is 11.0 Å². The van der Waals surface area contributed by atoms with E-state index in [4.69, 9.17) is 9.47 Å². The molecule has 3 aliphatic rings. The second kappa shape index (κ2) is 10.7. The number of nitrogens with zero attached hydrogens (tertiary/aromatic N) is 4. The Hall–Kier alpha value is -3.05. The molecule has 1 aliphatic heterocycles. The number of aromatic nitrogens is 3. The van der Waals surface area contributed by atoms with Crippen molar-refractivity contribution in [1.29, 1.82) is 0 Å². The minimum Gasteiger partial charge on any atom is -0.442 e. The third-order valence-corrected chi connectivity index (χ3v) is 8.91. The minimum absolute atomic E-state index is 0.0944. The fraction of sp³-hybridized carbons (Fsp3) is 0.690. The van der Waals surface area contributed by atoms with E-state index in [9.17, 15) is 19.5 Å². The van der Waals surface area contributed by atoms with E-state index in [2.05, 4.69) is 15.4 Å². The number of hydrogen-bond acceptors (Lipinski definition) is 8. The fourth-order valence-corrected chi connectivity index (χ4v) is 6.84. The molecule has 2 saturated carbocycles. The zero-order chi connectivity index (χ0) is 28.7. The topological polar surface area (TPSA) is 136 Å². The van der Waals surface area contributed by atoms with Crippen molar-refractivity contribution in [2.45, 2.75) is 108 Å². The zero-order valence-electron chi connectivity index (χ0n) is 23.9. The number of pyridine rings is 1. The summed E-state index contributed by atoms with van der Waals surface area (Å²) in [6.07, 6.45) is 7.82. The van der Waals surface area contributed by atoms with Gasteiger partial charge in [-0.15, -0.1) is 0 Å². The van der Waals surface area contributed by atoms with E-state index < -0.39 is 28.8 Å². The molecule has 0 spiro atoms. The van der Waals surface area contributed by atoms with E-state index in [0.717, 1.165) is 36.8 Å². The molecule has 2 amide bonds. The van der Waals surface area contributed by atoms with Gasteiger partial charge in [-0.05, 0) is 84.3 Å². The lowest BCUT2D eigenvalue weighted by atomic mass is 9.62. The Kier molecular flexibility index (Phi) is 7.64. The van der Waals surface area contributed by atoms with Crippen LogP contribution < -0.4 is 5.32 Å². The zero-order valence-corrected chi connectivity index (χ0v) is 23.9. The second-order valence-corrected chi connectivity index (χ2v) is 12.5. The Morgan fingerprint density at radius 3 is 2.40 bits per heavy atom. The van der Waals surface area contributed by atoms with Gasteiger partial charge in [-0.1, -0.05) is 12.8 Å². The highest BCUT2D eigenvalue weighted by Crippen LogP contribution is 2.54. The van der Waals surface area contributed by atoms with E-state index in [1.54, 1.807) is 44.9 Å². The van der Waals surface area contributed by atoms with Crippen molar-refractivity contribution < 1.29 is 29.0 Å². The molecule has 2 aromatic rings. The fourth-order valence-electron chi connectivity index (χ4n) is 6.84. The molecule has 0 radical (unpaired) electrons. The maximum Gasteiger partial charge on any atom is 0.435 e. The molecule has 5 rings (SSSR count). The number of nitrogens with one attached hydrogen (secondary N) is 1. The Morgan fingerprint density at radius 2 is 1.75 bits per heavy atom. The normalized spacial score (nSPS) is 26.7. The van der Waals surface area contributed by atoms with Crippen molar-refractivity contribution in [3.05, 3.63) is 18.3 Å². The van der Waals surface area contributed by atoms with Crippen LogP contribution in [0.5, 0.6) is 0 Å². The maximum atomic E-state index is 14.2. The van der Waals surface area contributed by atoms with Crippen LogP contribution in [0.1, 0.15) is 85.0 Å². The van der Waals surface area contributed by atoms with Crippen molar-refractivity contribution in [2.75, 3.05) is 19.0 Å². The van der Waals surface area contributed by atoms with Gasteiger partial charge in [0.15, 0.2) is 0 Å². The number of likely N-dealkylation sites (tertiary alicyclic amines) is 1. The first-order valence-electron chi connectivity index (χ1n) is 14.4. The van der Waals surface area contributed by atoms with Crippen LogP contribution in [0, 0.1) is 5.41 Å². The molecular weight excluding hydrogens is 514 g/mol. The third kappa shape index (κ3) is 5.21. The SMILES string of the molecule is COC1CCC(O)(C2(C(=O)N3CCC[C@@H]3C(=O)Nc3ccc4c(cnn4C(=O)OC(C)(C)C)n3)CCCC2)CC1. The van der Waals surface area contributed by atoms with Gasteiger partial charge < -0.3 is 24.8 Å². The van der Waals surface area contributed by atoms with Gasteiger partial charge in [0, 0.05) is 13.7 Å². The van der Waals surface area contributed by atoms with Crippen molar-refractivity contribution in [3.63, 3.8) is 0 Å². The molecular formula is C29H41N5O6. The Labute approximate surface area is 234 Å². The number of carbonyl (C=O) groups is 3. The van der Waals surface area contributed by atoms with Gasteiger partial charge >= 0.3 is 6.09 Å². The van der Waals surface area contributed by atoms with Gasteiger partial charge in [-0.3, -0.25) is 9.59 Å². The molecule has 0 unspecified atom stereocenters. The smallest absolute Gasteiger partial charge is 0.435 e. The highest BCUT2D eigenvalue weighted by molar-refractivity contribution is 5.99. The number of aliphatic hydroxyl groups is 1. The summed E-state index contributed by atoms with van der Waals surface area (Å²) in [6.45, 7) is 5.82. The summed E-state index contributed by atoms with van der Waals surface area (Å²) in [5, 5.41) is 18.8. The first-order chi connectivity index (χ1) is 19.0. The summed E-state index contributed by atoms with van der Waals surface area (Å²) in [5.41, 5.74) is -1.72. The third-order valence-electron chi connectivity index (χ3n) is 8.91. The highest BCUT2D eigenvalue weighted by Gasteiger charge is 2.59. The van der Waals surface area contributed by atoms with Gasteiger partial charge in [0.05, 0.1) is 28.8 Å². The molecule has 0 bridgehead atoms. The van der Waals surface area contributed by atoms with E-state index in [1.807, 2.05) is 0 Å². The van der Waals surface area contributed by atoms with Crippen molar-refractivity contribution in [2.24, 2.45) is 5.41 Å². The van der Waals surface area contributed by atoms with Crippen LogP contribution in [0.4, 0.5) is 10.6 Å². The summed E-state index contributed by atoms with van der Waals surface area (Å²) >= 11 is 0. The number of amides is 2. The lowest BCUT2D eigenvalue weighted by Crippen LogP contribution is -2.60. The van der Waals surface area contributed by atoms with Gasteiger partial charge in [-0.25, -0.2) is 9.78 Å². The largest absolute Gasteiger partial charge is 0.442 e. The number of methoxy groups -OCH3 is 1. The van der Waals surface area contributed by atoms with Gasteiger partial charge in [0.1, 0.15) is 23.0 Å². The predicted molar refractivity (Wildman–Crippen MR) is 148 cm³/mol. The Morgan fingerprint density at radius 1 is 1.05 bits per heavy atom. The summed E-state index contributed by atoms with van der Waals surface area (Å²) in [6, 6.07) is 2.64. The van der Waals surface area contributed by atoms with Gasteiger partial charge in [0.25, 0.3) is 0 Å². The first-order valence-corrected chi connectivity index (χ1v) is 14.4. The minimum atomic E-state index is -1.08. The first kappa shape index (κ1) is 28.5.